The highest BCUT2D eigenvalue weighted by molar-refractivity contribution is 5.91. The Kier molecular flexibility index (Phi) is 6.93. The molecule has 2 aromatic carbocycles. The van der Waals surface area contributed by atoms with Crippen LogP contribution in [0.5, 0.6) is 0 Å². The summed E-state index contributed by atoms with van der Waals surface area (Å²) in [5.74, 6) is -0.206. The highest BCUT2D eigenvalue weighted by Gasteiger charge is 2.49. The average molecular weight is 450 g/mol. The van der Waals surface area contributed by atoms with E-state index >= 15 is 0 Å². The number of carbonyl (C=O) groups is 3. The lowest BCUT2D eigenvalue weighted by atomic mass is 10.1. The fraction of sp³-hybridized carbons (Fsp3) is 0.400. The van der Waals surface area contributed by atoms with Crippen molar-refractivity contribution < 1.29 is 14.4 Å². The zero-order chi connectivity index (χ0) is 23.4. The molecule has 8 nitrogen and oxygen atoms in total. The smallest absolute Gasteiger partial charge is 0.334 e. The van der Waals surface area contributed by atoms with Gasteiger partial charge in [-0.3, -0.25) is 9.59 Å². The molecule has 174 valence electrons. The van der Waals surface area contributed by atoms with Crippen molar-refractivity contribution in [1.29, 1.82) is 0 Å². The van der Waals surface area contributed by atoms with Crippen molar-refractivity contribution in [3.8, 4) is 0 Å². The molecule has 2 heterocycles. The summed E-state index contributed by atoms with van der Waals surface area (Å²) in [4.78, 5) is 42.7. The fourth-order valence-corrected chi connectivity index (χ4v) is 4.59. The predicted octanol–water partition coefficient (Wildman–Crippen LogP) is 2.08. The SMILES string of the molecule is CCN1CC(=O)N2[C@@H](C)C(=O)N(CCc3ccccc3)C[C@@H]2N1C(=O)NCc1ccccc1. The zero-order valence-electron chi connectivity index (χ0n) is 19.2. The zero-order valence-corrected chi connectivity index (χ0v) is 19.2. The molecular weight excluding hydrogens is 418 g/mol. The first-order chi connectivity index (χ1) is 16.0. The Hall–Kier alpha value is -3.39. The number of urea groups is 1. The number of carbonyl (C=O) groups excluding carboxylic acids is 3. The topological polar surface area (TPSA) is 76.2 Å². The minimum atomic E-state index is -0.615. The van der Waals surface area contributed by atoms with E-state index < -0.39 is 12.2 Å². The van der Waals surface area contributed by atoms with Gasteiger partial charge in [0.25, 0.3) is 0 Å². The van der Waals surface area contributed by atoms with Crippen molar-refractivity contribution in [2.24, 2.45) is 0 Å². The van der Waals surface area contributed by atoms with Gasteiger partial charge in [-0.2, -0.15) is 0 Å². The van der Waals surface area contributed by atoms with Crippen LogP contribution in [0.25, 0.3) is 0 Å². The first-order valence-electron chi connectivity index (χ1n) is 11.5. The normalized spacial score (nSPS) is 21.2. The predicted molar refractivity (Wildman–Crippen MR) is 125 cm³/mol. The monoisotopic (exact) mass is 449 g/mol. The summed E-state index contributed by atoms with van der Waals surface area (Å²) < 4.78 is 0. The summed E-state index contributed by atoms with van der Waals surface area (Å²) in [6.07, 6.45) is 0.183. The molecule has 0 aromatic heterocycles. The molecule has 0 radical (unpaired) electrons. The minimum absolute atomic E-state index is 0.0768. The number of nitrogens with zero attached hydrogens (tertiary/aromatic N) is 4. The highest BCUT2D eigenvalue weighted by atomic mass is 16.2. The van der Waals surface area contributed by atoms with Gasteiger partial charge in [0.05, 0.1) is 13.1 Å². The summed E-state index contributed by atoms with van der Waals surface area (Å²) in [6, 6.07) is 18.8. The highest BCUT2D eigenvalue weighted by Crippen LogP contribution is 2.26. The van der Waals surface area contributed by atoms with Crippen LogP contribution in [0.1, 0.15) is 25.0 Å². The van der Waals surface area contributed by atoms with Crippen LogP contribution >= 0.6 is 0 Å². The van der Waals surface area contributed by atoms with Crippen LogP contribution in [0.4, 0.5) is 4.79 Å². The summed E-state index contributed by atoms with van der Waals surface area (Å²) in [6.45, 7) is 5.48. The second-order valence-corrected chi connectivity index (χ2v) is 8.45. The molecule has 4 rings (SSSR count). The maximum atomic E-state index is 13.3. The Labute approximate surface area is 194 Å². The van der Waals surface area contributed by atoms with E-state index in [-0.39, 0.29) is 30.9 Å². The minimum Gasteiger partial charge on any atom is -0.337 e. The molecule has 33 heavy (non-hydrogen) atoms. The largest absolute Gasteiger partial charge is 0.337 e. The summed E-state index contributed by atoms with van der Waals surface area (Å²) in [5.41, 5.74) is 2.14. The quantitative estimate of drug-likeness (QED) is 0.733. The van der Waals surface area contributed by atoms with Crippen molar-refractivity contribution in [3.05, 3.63) is 71.8 Å². The van der Waals surface area contributed by atoms with Gasteiger partial charge in [0.15, 0.2) is 0 Å². The van der Waals surface area contributed by atoms with Crippen LogP contribution in [0, 0.1) is 0 Å². The fourth-order valence-electron chi connectivity index (χ4n) is 4.59. The third-order valence-corrected chi connectivity index (χ3v) is 6.36. The molecule has 1 N–H and O–H groups in total. The molecule has 0 aliphatic carbocycles. The maximum Gasteiger partial charge on any atom is 0.334 e. The van der Waals surface area contributed by atoms with Gasteiger partial charge in [0, 0.05) is 19.6 Å². The van der Waals surface area contributed by atoms with Gasteiger partial charge in [-0.05, 0) is 24.5 Å². The third-order valence-electron chi connectivity index (χ3n) is 6.36. The molecule has 0 spiro atoms. The van der Waals surface area contributed by atoms with Crippen LogP contribution in [0.15, 0.2) is 60.7 Å². The number of fused-ring (bicyclic) bond motifs is 1. The van der Waals surface area contributed by atoms with Crippen LogP contribution in [0.2, 0.25) is 0 Å². The Morgan fingerprint density at radius 3 is 2.27 bits per heavy atom. The van der Waals surface area contributed by atoms with Crippen LogP contribution in [0.3, 0.4) is 0 Å². The lowest BCUT2D eigenvalue weighted by Crippen LogP contribution is -2.76. The number of piperazine rings is 1. The first-order valence-corrected chi connectivity index (χ1v) is 11.5. The second kappa shape index (κ2) is 10.0. The number of hydrogen-bond donors (Lipinski definition) is 1. The van der Waals surface area contributed by atoms with Crippen molar-refractivity contribution in [2.45, 2.75) is 39.0 Å². The second-order valence-electron chi connectivity index (χ2n) is 8.45. The number of rotatable bonds is 6. The molecule has 0 bridgehead atoms. The number of hydrogen-bond acceptors (Lipinski definition) is 4. The summed E-state index contributed by atoms with van der Waals surface area (Å²) in [7, 11) is 0. The Balaban J connectivity index is 1.53. The Bertz CT molecular complexity index is 984. The number of likely N-dealkylation sites (N-methyl/N-ethyl adjacent to an activating group) is 1. The lowest BCUT2D eigenvalue weighted by Gasteiger charge is -2.54. The molecule has 0 saturated carbocycles. The van der Waals surface area contributed by atoms with E-state index in [0.29, 0.717) is 19.6 Å². The molecule has 2 atom stereocenters. The number of nitrogens with one attached hydrogen (secondary N) is 1. The maximum absolute atomic E-state index is 13.3. The summed E-state index contributed by atoms with van der Waals surface area (Å²) in [5, 5.41) is 6.38. The average Bonchev–Trinajstić information content (AvgIpc) is 2.84. The van der Waals surface area contributed by atoms with Crippen LogP contribution in [-0.2, 0) is 22.6 Å². The van der Waals surface area contributed by atoms with Crippen molar-refractivity contribution in [2.75, 3.05) is 26.2 Å². The van der Waals surface area contributed by atoms with Gasteiger partial charge >= 0.3 is 6.03 Å². The molecule has 2 aliphatic heterocycles. The molecule has 2 fully saturated rings. The van der Waals surface area contributed by atoms with E-state index in [1.54, 1.807) is 26.7 Å². The molecular formula is C25H31N5O3. The third kappa shape index (κ3) is 4.85. The number of benzene rings is 2. The first kappa shape index (κ1) is 22.8. The molecule has 4 amide bonds. The standard InChI is InChI=1S/C25H31N5O3/c1-3-28-18-23(31)29-19(2)24(32)27(15-14-20-10-6-4-7-11-20)17-22(29)30(28)25(33)26-16-21-12-8-5-9-13-21/h4-13,19,22H,3,14-18H2,1-2H3,(H,26,33)/t19-,22-/m0/s1. The van der Waals surface area contributed by atoms with E-state index in [0.717, 1.165) is 17.5 Å². The molecule has 2 saturated heterocycles. The van der Waals surface area contributed by atoms with Crippen LogP contribution < -0.4 is 5.32 Å². The van der Waals surface area contributed by atoms with Gasteiger partial charge in [0.2, 0.25) is 11.8 Å². The molecule has 0 unspecified atom stereocenters. The van der Waals surface area contributed by atoms with Crippen molar-refractivity contribution >= 4 is 17.8 Å². The van der Waals surface area contributed by atoms with Gasteiger partial charge in [-0.25, -0.2) is 14.8 Å². The Morgan fingerprint density at radius 2 is 1.64 bits per heavy atom. The van der Waals surface area contributed by atoms with Crippen LogP contribution in [-0.4, -0.2) is 76.0 Å². The van der Waals surface area contributed by atoms with E-state index in [9.17, 15) is 14.4 Å². The number of amides is 4. The van der Waals surface area contributed by atoms with Crippen molar-refractivity contribution in [3.63, 3.8) is 0 Å². The molecule has 2 aromatic rings. The van der Waals surface area contributed by atoms with Gasteiger partial charge < -0.3 is 15.1 Å². The lowest BCUT2D eigenvalue weighted by molar-refractivity contribution is -0.188. The summed E-state index contributed by atoms with van der Waals surface area (Å²) >= 11 is 0. The van der Waals surface area contributed by atoms with Gasteiger partial charge in [-0.15, -0.1) is 0 Å². The molecule has 2 aliphatic rings. The van der Waals surface area contributed by atoms with E-state index in [1.165, 1.54) is 0 Å². The van der Waals surface area contributed by atoms with Crippen molar-refractivity contribution in [1.82, 2.24) is 25.1 Å². The molecule has 8 heteroatoms. The van der Waals surface area contributed by atoms with E-state index in [2.05, 4.69) is 5.32 Å². The van der Waals surface area contributed by atoms with Gasteiger partial charge in [0.1, 0.15) is 12.2 Å². The Morgan fingerprint density at radius 1 is 1.00 bits per heavy atom. The van der Waals surface area contributed by atoms with E-state index in [4.69, 9.17) is 0 Å². The van der Waals surface area contributed by atoms with E-state index in [1.807, 2.05) is 67.6 Å². The van der Waals surface area contributed by atoms with Gasteiger partial charge in [-0.1, -0.05) is 67.6 Å². The number of hydrazine groups is 1.